The van der Waals surface area contributed by atoms with Gasteiger partial charge >= 0.3 is 0 Å². The molecule has 18 heavy (non-hydrogen) atoms. The molecule has 0 aliphatic heterocycles. The highest BCUT2D eigenvalue weighted by molar-refractivity contribution is 6.31. The molecule has 2 rings (SSSR count). The van der Waals surface area contributed by atoms with E-state index in [1.54, 1.807) is 6.20 Å². The zero-order valence-electron chi connectivity index (χ0n) is 9.61. The van der Waals surface area contributed by atoms with Crippen LogP contribution in [0.4, 0.5) is 0 Å². The molecule has 0 saturated heterocycles. The van der Waals surface area contributed by atoms with Gasteiger partial charge in [-0.3, -0.25) is 4.98 Å². The molecule has 98 valence electrons. The van der Waals surface area contributed by atoms with Gasteiger partial charge in [-0.2, -0.15) is 0 Å². The minimum Gasteiger partial charge on any atom is -1.00 e. The van der Waals surface area contributed by atoms with Gasteiger partial charge in [-0.1, -0.05) is 35.9 Å². The van der Waals surface area contributed by atoms with Crippen molar-refractivity contribution in [3.8, 4) is 0 Å². The lowest BCUT2D eigenvalue weighted by Gasteiger charge is -2.06. The van der Waals surface area contributed by atoms with Crippen molar-refractivity contribution in [3.63, 3.8) is 0 Å². The maximum atomic E-state index is 6.05. The first kappa shape index (κ1) is 17.2. The molecule has 0 saturated carbocycles. The second kappa shape index (κ2) is 9.17. The normalized spacial score (nSPS) is 9.17. The summed E-state index contributed by atoms with van der Waals surface area (Å²) in [6.45, 7) is 1.58. The van der Waals surface area contributed by atoms with Crippen LogP contribution in [-0.2, 0) is 13.1 Å². The summed E-state index contributed by atoms with van der Waals surface area (Å²) < 4.78 is 0. The molecule has 1 heterocycles. The largest absolute Gasteiger partial charge is 1.00 e. The zero-order valence-corrected chi connectivity index (χ0v) is 11.9. The number of pyridine rings is 1. The molecule has 0 atom stereocenters. The summed E-state index contributed by atoms with van der Waals surface area (Å²) >= 11 is 6.05. The Bertz CT molecular complexity index is 449. The predicted molar refractivity (Wildman–Crippen MR) is 66.2 cm³/mol. The van der Waals surface area contributed by atoms with Gasteiger partial charge in [0.1, 0.15) is 0 Å². The molecule has 5 heteroatoms. The number of nitrogens with zero attached hydrogens (tertiary/aromatic N) is 1. The van der Waals surface area contributed by atoms with Crippen molar-refractivity contribution in [3.05, 3.63) is 64.9 Å². The van der Waals surface area contributed by atoms with Crippen molar-refractivity contribution in [2.24, 2.45) is 0 Å². The average molecular weight is 304 g/mol. The van der Waals surface area contributed by atoms with Gasteiger partial charge in [0.2, 0.25) is 0 Å². The molecule has 0 bridgehead atoms. The van der Waals surface area contributed by atoms with Crippen LogP contribution < -0.4 is 30.1 Å². The number of rotatable bonds is 4. The molecule has 2 aromatic rings. The van der Waals surface area contributed by atoms with E-state index in [0.717, 1.165) is 23.7 Å². The lowest BCUT2D eigenvalue weighted by Crippen LogP contribution is -3.00. The Balaban J connectivity index is 0.00000144. The van der Waals surface area contributed by atoms with Gasteiger partial charge in [-0.15, -0.1) is 0 Å². The van der Waals surface area contributed by atoms with Crippen LogP contribution >= 0.6 is 11.6 Å². The number of hydrogen-bond acceptors (Lipinski definition) is 2. The highest BCUT2D eigenvalue weighted by atomic mass is 35.5. The molecule has 0 spiro atoms. The fourth-order valence-electron chi connectivity index (χ4n) is 1.49. The molecule has 1 N–H and O–H groups in total. The number of halogens is 3. The van der Waals surface area contributed by atoms with Gasteiger partial charge in [0.25, 0.3) is 0 Å². The summed E-state index contributed by atoms with van der Waals surface area (Å²) in [7, 11) is 0. The summed E-state index contributed by atoms with van der Waals surface area (Å²) in [5.74, 6) is 0. The summed E-state index contributed by atoms with van der Waals surface area (Å²) in [6.07, 6.45) is 3.64. The van der Waals surface area contributed by atoms with Crippen LogP contribution in [-0.4, -0.2) is 4.98 Å². The Morgan fingerprint density at radius 1 is 1.00 bits per heavy atom. The third-order valence-corrected chi connectivity index (χ3v) is 2.69. The fraction of sp³-hybridized carbons (Fsp3) is 0.154. The Labute approximate surface area is 125 Å². The fourth-order valence-corrected chi connectivity index (χ4v) is 1.69. The van der Waals surface area contributed by atoms with Gasteiger partial charge in [-0.25, -0.2) is 0 Å². The van der Waals surface area contributed by atoms with Gasteiger partial charge in [-0.05, 0) is 23.3 Å². The number of aromatic nitrogens is 1. The Morgan fingerprint density at radius 3 is 2.44 bits per heavy atom. The third kappa shape index (κ3) is 5.23. The zero-order chi connectivity index (χ0) is 11.2. The Morgan fingerprint density at radius 2 is 1.78 bits per heavy atom. The van der Waals surface area contributed by atoms with E-state index in [0.29, 0.717) is 0 Å². The summed E-state index contributed by atoms with van der Waals surface area (Å²) in [6, 6.07) is 11.8. The van der Waals surface area contributed by atoms with E-state index in [2.05, 4.69) is 10.3 Å². The topological polar surface area (TPSA) is 24.9 Å². The van der Waals surface area contributed by atoms with E-state index >= 15 is 0 Å². The summed E-state index contributed by atoms with van der Waals surface area (Å²) in [5.41, 5.74) is 2.29. The minimum absolute atomic E-state index is 0. The molecule has 0 unspecified atom stereocenters. The predicted octanol–water partition coefficient (Wildman–Crippen LogP) is -2.97. The molecular weight excluding hydrogens is 291 g/mol. The van der Waals surface area contributed by atoms with Gasteiger partial charge < -0.3 is 30.1 Å². The maximum absolute atomic E-state index is 6.05. The highest BCUT2D eigenvalue weighted by Gasteiger charge is 1.98. The monoisotopic (exact) mass is 302 g/mol. The lowest BCUT2D eigenvalue weighted by molar-refractivity contribution is -0.00100. The van der Waals surface area contributed by atoms with Crippen molar-refractivity contribution in [1.82, 2.24) is 10.3 Å². The van der Waals surface area contributed by atoms with Crippen LogP contribution in [0.1, 0.15) is 11.1 Å². The number of nitrogens with one attached hydrogen (secondary N) is 1. The first-order valence-corrected chi connectivity index (χ1v) is 5.57. The second-order valence-electron chi connectivity index (χ2n) is 3.56. The second-order valence-corrected chi connectivity index (χ2v) is 3.96. The number of hydrogen-bond donors (Lipinski definition) is 1. The first-order valence-electron chi connectivity index (χ1n) is 5.19. The average Bonchev–Trinajstić information content (AvgIpc) is 2.33. The van der Waals surface area contributed by atoms with Crippen LogP contribution in [0.25, 0.3) is 0 Å². The molecule has 0 aliphatic rings. The summed E-state index contributed by atoms with van der Waals surface area (Å²) in [4.78, 5) is 4.06. The van der Waals surface area contributed by atoms with Crippen molar-refractivity contribution < 1.29 is 24.8 Å². The molecule has 1 aromatic heterocycles. The van der Waals surface area contributed by atoms with Gasteiger partial charge in [0, 0.05) is 30.5 Å². The Kier molecular flexibility index (Phi) is 8.77. The molecule has 0 aliphatic carbocycles. The molecule has 0 fully saturated rings. The minimum atomic E-state index is 0. The van der Waals surface area contributed by atoms with E-state index in [-0.39, 0.29) is 24.8 Å². The summed E-state index contributed by atoms with van der Waals surface area (Å²) in [5, 5.41) is 4.14. The van der Waals surface area contributed by atoms with E-state index in [1.165, 1.54) is 5.56 Å². The van der Waals surface area contributed by atoms with Crippen molar-refractivity contribution in [2.75, 3.05) is 0 Å². The first-order chi connectivity index (χ1) is 7.86. The van der Waals surface area contributed by atoms with E-state index in [9.17, 15) is 0 Å². The van der Waals surface area contributed by atoms with E-state index < -0.39 is 0 Å². The van der Waals surface area contributed by atoms with Crippen molar-refractivity contribution in [1.29, 1.82) is 0 Å². The SMILES string of the molecule is Clc1ccccc1CNCc1cccnc1.[Cl-].[Cl-]. The van der Waals surface area contributed by atoms with Gasteiger partial charge in [0.05, 0.1) is 0 Å². The Hall–Kier alpha value is -0.800. The van der Waals surface area contributed by atoms with Crippen molar-refractivity contribution in [2.45, 2.75) is 13.1 Å². The quantitative estimate of drug-likeness (QED) is 0.653. The van der Waals surface area contributed by atoms with Crippen LogP contribution in [0.3, 0.4) is 0 Å². The number of benzene rings is 1. The van der Waals surface area contributed by atoms with Crippen molar-refractivity contribution >= 4 is 11.6 Å². The smallest absolute Gasteiger partial charge is 0.0450 e. The van der Waals surface area contributed by atoms with Crippen LogP contribution in [0.5, 0.6) is 0 Å². The van der Waals surface area contributed by atoms with Crippen LogP contribution in [0.15, 0.2) is 48.8 Å². The van der Waals surface area contributed by atoms with Crippen LogP contribution in [0.2, 0.25) is 5.02 Å². The highest BCUT2D eigenvalue weighted by Crippen LogP contribution is 2.14. The van der Waals surface area contributed by atoms with Crippen LogP contribution in [0, 0.1) is 0 Å². The van der Waals surface area contributed by atoms with Gasteiger partial charge in [0.15, 0.2) is 0 Å². The van der Waals surface area contributed by atoms with E-state index in [4.69, 9.17) is 11.6 Å². The van der Waals surface area contributed by atoms with E-state index in [1.807, 2.05) is 42.6 Å². The molecule has 2 nitrogen and oxygen atoms in total. The standard InChI is InChI=1S/C13H13ClN2.2ClH/c14-13-6-2-1-5-12(13)10-16-9-11-4-3-7-15-8-11;;/h1-8,16H,9-10H2;2*1H/p-2. The molecule has 0 amide bonds. The lowest BCUT2D eigenvalue weighted by atomic mass is 10.2. The maximum Gasteiger partial charge on any atom is 0.0450 e. The third-order valence-electron chi connectivity index (χ3n) is 2.33. The molecule has 1 aromatic carbocycles. The molecule has 0 radical (unpaired) electrons. The molecular formula is C13H13Cl3N2-2.